The summed E-state index contributed by atoms with van der Waals surface area (Å²) in [5.74, 6) is 0.337. The van der Waals surface area contributed by atoms with Gasteiger partial charge in [-0.25, -0.2) is 0 Å². The number of ether oxygens (including phenoxy) is 2. The van der Waals surface area contributed by atoms with Crippen molar-refractivity contribution in [2.45, 2.75) is 13.5 Å². The van der Waals surface area contributed by atoms with E-state index in [-0.39, 0.29) is 29.8 Å². The molecule has 182 valence electrons. The summed E-state index contributed by atoms with van der Waals surface area (Å²) in [6, 6.07) is 16.0. The highest BCUT2D eigenvalue weighted by Crippen LogP contribution is 2.37. The normalized spacial score (nSPS) is 10.7. The Hall–Kier alpha value is -3.82. The molecule has 1 amide bonds. The van der Waals surface area contributed by atoms with Gasteiger partial charge in [-0.15, -0.1) is 0 Å². The van der Waals surface area contributed by atoms with Crippen molar-refractivity contribution in [1.29, 1.82) is 0 Å². The number of non-ortho nitro benzene ring substituents is 1. The van der Waals surface area contributed by atoms with Crippen molar-refractivity contribution in [1.82, 2.24) is 0 Å². The predicted molar refractivity (Wildman–Crippen MR) is 134 cm³/mol. The number of nitro groups is 1. The van der Waals surface area contributed by atoms with E-state index in [0.717, 1.165) is 5.56 Å². The number of halogens is 2. The Morgan fingerprint density at radius 1 is 1.09 bits per heavy atom. The Morgan fingerprint density at radius 2 is 1.80 bits per heavy atom. The Bertz CT molecular complexity index is 1200. The molecule has 3 aromatic rings. The molecule has 0 aliphatic rings. The van der Waals surface area contributed by atoms with E-state index in [0.29, 0.717) is 34.4 Å². The smallest absolute Gasteiger partial charge is 0.269 e. The average Bonchev–Trinajstić information content (AvgIpc) is 2.83. The SMILES string of the molecule is CCOc1cc(/C=N/OCC(=O)Nc2ccc(Cl)cc2)cc(Cl)c1OCc1ccc([N+](=O)[O-])cc1. The van der Waals surface area contributed by atoms with Gasteiger partial charge in [0.1, 0.15) is 6.61 Å². The number of rotatable bonds is 11. The van der Waals surface area contributed by atoms with Crippen molar-refractivity contribution in [3.05, 3.63) is 92.0 Å². The molecule has 0 atom stereocenters. The number of amides is 1. The van der Waals surface area contributed by atoms with Gasteiger partial charge in [-0.2, -0.15) is 0 Å². The minimum Gasteiger partial charge on any atom is -0.490 e. The second kappa shape index (κ2) is 12.6. The van der Waals surface area contributed by atoms with Gasteiger partial charge in [-0.3, -0.25) is 14.9 Å². The van der Waals surface area contributed by atoms with Gasteiger partial charge in [0, 0.05) is 28.4 Å². The van der Waals surface area contributed by atoms with Crippen molar-refractivity contribution >= 4 is 46.7 Å². The van der Waals surface area contributed by atoms with Crippen LogP contribution in [0.3, 0.4) is 0 Å². The minimum absolute atomic E-state index is 0.00453. The van der Waals surface area contributed by atoms with Crippen molar-refractivity contribution in [2.24, 2.45) is 5.16 Å². The van der Waals surface area contributed by atoms with E-state index in [1.54, 1.807) is 48.5 Å². The Kier molecular flexibility index (Phi) is 9.28. The highest BCUT2D eigenvalue weighted by molar-refractivity contribution is 6.32. The minimum atomic E-state index is -0.467. The van der Waals surface area contributed by atoms with E-state index >= 15 is 0 Å². The lowest BCUT2D eigenvalue weighted by Crippen LogP contribution is -2.16. The van der Waals surface area contributed by atoms with Crippen LogP contribution >= 0.6 is 23.2 Å². The molecule has 11 heteroatoms. The lowest BCUT2D eigenvalue weighted by atomic mass is 10.2. The van der Waals surface area contributed by atoms with Gasteiger partial charge in [0.15, 0.2) is 18.1 Å². The topological polar surface area (TPSA) is 112 Å². The zero-order valence-corrected chi connectivity index (χ0v) is 20.1. The highest BCUT2D eigenvalue weighted by Gasteiger charge is 2.13. The van der Waals surface area contributed by atoms with E-state index in [4.69, 9.17) is 37.5 Å². The second-order valence-corrected chi connectivity index (χ2v) is 7.88. The lowest BCUT2D eigenvalue weighted by Gasteiger charge is -2.14. The molecule has 0 saturated heterocycles. The summed E-state index contributed by atoms with van der Waals surface area (Å²) in [6.45, 7) is 2.03. The fourth-order valence-electron chi connectivity index (χ4n) is 2.86. The summed E-state index contributed by atoms with van der Waals surface area (Å²) in [5.41, 5.74) is 1.88. The predicted octanol–water partition coefficient (Wildman–Crippen LogP) is 5.87. The molecular formula is C24H21Cl2N3O6. The van der Waals surface area contributed by atoms with E-state index in [2.05, 4.69) is 10.5 Å². The summed E-state index contributed by atoms with van der Waals surface area (Å²) in [4.78, 5) is 27.3. The number of hydrogen-bond donors (Lipinski definition) is 1. The van der Waals surface area contributed by atoms with E-state index in [9.17, 15) is 14.9 Å². The molecule has 0 radical (unpaired) electrons. The first-order chi connectivity index (χ1) is 16.9. The van der Waals surface area contributed by atoms with Gasteiger partial charge >= 0.3 is 0 Å². The summed E-state index contributed by atoms with van der Waals surface area (Å²) in [5, 5.41) is 18.1. The molecule has 0 saturated carbocycles. The molecular weight excluding hydrogens is 497 g/mol. The maximum absolute atomic E-state index is 12.0. The summed E-state index contributed by atoms with van der Waals surface area (Å²) >= 11 is 12.2. The monoisotopic (exact) mass is 517 g/mol. The van der Waals surface area contributed by atoms with Crippen molar-refractivity contribution in [3.63, 3.8) is 0 Å². The fraction of sp³-hybridized carbons (Fsp3) is 0.167. The Morgan fingerprint density at radius 3 is 2.46 bits per heavy atom. The van der Waals surface area contributed by atoms with Gasteiger partial charge in [0.05, 0.1) is 22.8 Å². The molecule has 9 nitrogen and oxygen atoms in total. The summed E-state index contributed by atoms with van der Waals surface area (Å²) in [6.07, 6.45) is 1.39. The Balaban J connectivity index is 1.59. The van der Waals surface area contributed by atoms with Crippen LogP contribution in [-0.4, -0.2) is 30.3 Å². The standard InChI is InChI=1S/C24H21Cl2N3O6/c1-2-33-22-12-17(13-27-35-15-23(30)28-19-7-5-18(25)6-8-19)11-21(26)24(22)34-14-16-3-9-20(10-4-16)29(31)32/h3-13H,2,14-15H2,1H3,(H,28,30)/b27-13+. The fourth-order valence-corrected chi connectivity index (χ4v) is 3.26. The lowest BCUT2D eigenvalue weighted by molar-refractivity contribution is -0.384. The quantitative estimate of drug-likeness (QED) is 0.193. The van der Waals surface area contributed by atoms with Crippen molar-refractivity contribution in [2.75, 3.05) is 18.5 Å². The summed E-state index contributed by atoms with van der Waals surface area (Å²) < 4.78 is 11.5. The van der Waals surface area contributed by atoms with Crippen LogP contribution in [0.2, 0.25) is 10.0 Å². The first-order valence-electron chi connectivity index (χ1n) is 10.4. The van der Waals surface area contributed by atoms with Gasteiger partial charge in [-0.05, 0) is 61.0 Å². The third-order valence-electron chi connectivity index (χ3n) is 4.46. The number of oxime groups is 1. The van der Waals surface area contributed by atoms with E-state index < -0.39 is 4.92 Å². The van der Waals surface area contributed by atoms with E-state index in [1.165, 1.54) is 18.3 Å². The molecule has 35 heavy (non-hydrogen) atoms. The number of carbonyl (C=O) groups excluding carboxylic acids is 1. The van der Waals surface area contributed by atoms with Crippen LogP contribution in [0.4, 0.5) is 11.4 Å². The van der Waals surface area contributed by atoms with Crippen LogP contribution in [-0.2, 0) is 16.2 Å². The van der Waals surface area contributed by atoms with Gasteiger partial charge < -0.3 is 19.6 Å². The maximum atomic E-state index is 12.0. The van der Waals surface area contributed by atoms with Gasteiger partial charge in [-0.1, -0.05) is 28.4 Å². The number of anilines is 1. The number of nitrogens with zero attached hydrogens (tertiary/aromatic N) is 2. The first kappa shape index (κ1) is 25.8. The number of nitrogens with one attached hydrogen (secondary N) is 1. The van der Waals surface area contributed by atoms with Crippen LogP contribution in [0.5, 0.6) is 11.5 Å². The van der Waals surface area contributed by atoms with E-state index in [1.807, 2.05) is 6.92 Å². The number of nitro benzene ring substituents is 1. The number of hydrogen-bond acceptors (Lipinski definition) is 7. The van der Waals surface area contributed by atoms with Crippen LogP contribution in [0, 0.1) is 10.1 Å². The molecule has 3 rings (SSSR count). The second-order valence-electron chi connectivity index (χ2n) is 7.04. The zero-order chi connectivity index (χ0) is 25.2. The molecule has 1 N–H and O–H groups in total. The van der Waals surface area contributed by atoms with Crippen LogP contribution < -0.4 is 14.8 Å². The Labute approximate surface area is 211 Å². The highest BCUT2D eigenvalue weighted by atomic mass is 35.5. The van der Waals surface area contributed by atoms with Gasteiger partial charge in [0.2, 0.25) is 0 Å². The molecule has 0 aliphatic carbocycles. The molecule has 0 aromatic heterocycles. The van der Waals surface area contributed by atoms with Crippen LogP contribution in [0.1, 0.15) is 18.1 Å². The van der Waals surface area contributed by atoms with Gasteiger partial charge in [0.25, 0.3) is 11.6 Å². The van der Waals surface area contributed by atoms with Crippen LogP contribution in [0.15, 0.2) is 65.8 Å². The third-order valence-corrected chi connectivity index (χ3v) is 4.99. The zero-order valence-electron chi connectivity index (χ0n) is 18.6. The average molecular weight is 518 g/mol. The third kappa shape index (κ3) is 7.87. The molecule has 0 fully saturated rings. The largest absolute Gasteiger partial charge is 0.490 e. The molecule has 0 bridgehead atoms. The van der Waals surface area contributed by atoms with Crippen molar-refractivity contribution < 1.29 is 24.0 Å². The maximum Gasteiger partial charge on any atom is 0.269 e. The summed E-state index contributed by atoms with van der Waals surface area (Å²) in [7, 11) is 0. The first-order valence-corrected chi connectivity index (χ1v) is 11.1. The number of benzene rings is 3. The molecule has 0 aliphatic heterocycles. The number of carbonyl (C=O) groups is 1. The van der Waals surface area contributed by atoms with Crippen molar-refractivity contribution in [3.8, 4) is 11.5 Å². The molecule has 0 heterocycles. The molecule has 3 aromatic carbocycles. The van der Waals surface area contributed by atoms with Crippen LogP contribution in [0.25, 0.3) is 0 Å². The molecule has 0 spiro atoms. The molecule has 0 unspecified atom stereocenters.